The zero-order valence-corrected chi connectivity index (χ0v) is 14.6. The van der Waals surface area contributed by atoms with Gasteiger partial charge in [-0.3, -0.25) is 9.78 Å². The largest absolute Gasteiger partial charge is 0.393 e. The van der Waals surface area contributed by atoms with Gasteiger partial charge in [-0.1, -0.05) is 0 Å². The molecular formula is C16H27N7O. The van der Waals surface area contributed by atoms with E-state index in [4.69, 9.17) is 0 Å². The molecule has 8 heteroatoms. The fourth-order valence-electron chi connectivity index (χ4n) is 3.30. The molecule has 3 rings (SSSR count). The topological polar surface area (TPSA) is 94.9 Å². The predicted octanol–water partition coefficient (Wildman–Crippen LogP) is 0.600. The second-order valence-electron chi connectivity index (χ2n) is 6.95. The van der Waals surface area contributed by atoms with Crippen LogP contribution in [0.1, 0.15) is 31.5 Å². The number of aromatic amines is 1. The molecule has 3 N–H and O–H groups in total. The quantitative estimate of drug-likeness (QED) is 0.687. The molecule has 2 heterocycles. The lowest BCUT2D eigenvalue weighted by molar-refractivity contribution is 0.129. The molecule has 1 aliphatic carbocycles. The van der Waals surface area contributed by atoms with Crippen molar-refractivity contribution in [2.45, 2.75) is 44.4 Å². The first kappa shape index (κ1) is 16.9. The van der Waals surface area contributed by atoms with Crippen LogP contribution in [0.2, 0.25) is 0 Å². The average molecular weight is 333 g/mol. The minimum Gasteiger partial charge on any atom is -0.393 e. The molecule has 0 amide bonds. The lowest BCUT2D eigenvalue weighted by Gasteiger charge is -2.19. The van der Waals surface area contributed by atoms with Crippen LogP contribution in [0.25, 0.3) is 0 Å². The first-order valence-corrected chi connectivity index (χ1v) is 8.51. The lowest BCUT2D eigenvalue weighted by atomic mass is 10.0. The predicted molar refractivity (Wildman–Crippen MR) is 91.9 cm³/mol. The van der Waals surface area contributed by atoms with Crippen LogP contribution in [0.15, 0.2) is 18.5 Å². The number of anilines is 1. The smallest absolute Gasteiger partial charge is 0.244 e. The van der Waals surface area contributed by atoms with Crippen LogP contribution < -0.4 is 10.2 Å². The standard InChI is InChI=1S/C16H27N7O/c1-11(10-23-6-4-5-18-23)17-9-13-7-12(8-14(13)24)15-19-16(21-20-15)22(2)3/h4-6,11-14,17,24H,7-10H2,1-3H3,(H,19,20,21)/t11?,12-,13+,14+/m0/s1. The highest BCUT2D eigenvalue weighted by Gasteiger charge is 2.35. The van der Waals surface area contributed by atoms with Gasteiger partial charge in [0.1, 0.15) is 5.82 Å². The third-order valence-corrected chi connectivity index (χ3v) is 4.68. The third kappa shape index (κ3) is 3.93. The summed E-state index contributed by atoms with van der Waals surface area (Å²) in [4.78, 5) is 6.40. The summed E-state index contributed by atoms with van der Waals surface area (Å²) in [5.41, 5.74) is 0. The zero-order valence-electron chi connectivity index (χ0n) is 14.6. The highest BCUT2D eigenvalue weighted by molar-refractivity contribution is 5.26. The minimum absolute atomic E-state index is 0.239. The SMILES string of the molecule is CC(Cn1cccn1)NC[C@H]1C[C@H](c2nc(N(C)C)n[nH]2)C[C@H]1O. The second-order valence-corrected chi connectivity index (χ2v) is 6.95. The number of aromatic nitrogens is 5. The van der Waals surface area contributed by atoms with Crippen LogP contribution in [0.5, 0.6) is 0 Å². The third-order valence-electron chi connectivity index (χ3n) is 4.68. The van der Waals surface area contributed by atoms with Gasteiger partial charge < -0.3 is 15.3 Å². The number of H-pyrrole nitrogens is 1. The highest BCUT2D eigenvalue weighted by Crippen LogP contribution is 2.37. The van der Waals surface area contributed by atoms with Gasteiger partial charge in [-0.05, 0) is 31.7 Å². The molecular weight excluding hydrogens is 306 g/mol. The highest BCUT2D eigenvalue weighted by atomic mass is 16.3. The summed E-state index contributed by atoms with van der Waals surface area (Å²) >= 11 is 0. The normalized spacial score (nSPS) is 25.1. The first-order chi connectivity index (χ1) is 11.5. The summed E-state index contributed by atoms with van der Waals surface area (Å²) in [7, 11) is 3.84. The van der Waals surface area contributed by atoms with Crippen LogP contribution in [0, 0.1) is 5.92 Å². The van der Waals surface area contributed by atoms with Crippen molar-refractivity contribution in [1.82, 2.24) is 30.3 Å². The van der Waals surface area contributed by atoms with Crippen LogP contribution in [0.4, 0.5) is 5.95 Å². The van der Waals surface area contributed by atoms with Gasteiger partial charge in [-0.2, -0.15) is 10.1 Å². The van der Waals surface area contributed by atoms with E-state index in [1.54, 1.807) is 6.20 Å². The van der Waals surface area contributed by atoms with Crippen molar-refractivity contribution in [3.63, 3.8) is 0 Å². The van der Waals surface area contributed by atoms with E-state index in [1.807, 2.05) is 35.9 Å². The minimum atomic E-state index is -0.299. The first-order valence-electron chi connectivity index (χ1n) is 8.51. The van der Waals surface area contributed by atoms with Gasteiger partial charge >= 0.3 is 0 Å². The number of hydrogen-bond acceptors (Lipinski definition) is 6. The molecule has 1 aliphatic rings. The maximum Gasteiger partial charge on any atom is 0.244 e. The molecule has 0 spiro atoms. The van der Waals surface area contributed by atoms with Crippen molar-refractivity contribution in [1.29, 1.82) is 0 Å². The van der Waals surface area contributed by atoms with Crippen LogP contribution in [-0.4, -0.2) is 62.9 Å². The monoisotopic (exact) mass is 333 g/mol. The van der Waals surface area contributed by atoms with Gasteiger partial charge in [0.05, 0.1) is 12.6 Å². The molecule has 0 bridgehead atoms. The van der Waals surface area contributed by atoms with E-state index in [-0.39, 0.29) is 17.9 Å². The van der Waals surface area contributed by atoms with E-state index < -0.39 is 0 Å². The van der Waals surface area contributed by atoms with Crippen LogP contribution in [-0.2, 0) is 6.54 Å². The molecule has 0 radical (unpaired) electrons. The summed E-state index contributed by atoms with van der Waals surface area (Å²) in [6.07, 6.45) is 5.11. The van der Waals surface area contributed by atoms with Gasteiger partial charge in [0, 0.05) is 45.0 Å². The Morgan fingerprint density at radius 1 is 1.46 bits per heavy atom. The molecule has 1 saturated carbocycles. The van der Waals surface area contributed by atoms with E-state index in [1.165, 1.54) is 0 Å². The maximum absolute atomic E-state index is 10.4. The number of hydrogen-bond donors (Lipinski definition) is 3. The molecule has 1 unspecified atom stereocenters. The van der Waals surface area contributed by atoms with Gasteiger partial charge in [-0.15, -0.1) is 5.10 Å². The molecule has 0 aliphatic heterocycles. The van der Waals surface area contributed by atoms with Crippen molar-refractivity contribution < 1.29 is 5.11 Å². The van der Waals surface area contributed by atoms with Gasteiger partial charge in [-0.25, -0.2) is 0 Å². The number of aliphatic hydroxyl groups is 1. The Kier molecular flexibility index (Phi) is 5.15. The van der Waals surface area contributed by atoms with E-state index in [0.717, 1.165) is 31.8 Å². The Morgan fingerprint density at radius 2 is 2.29 bits per heavy atom. The summed E-state index contributed by atoms with van der Waals surface area (Å²) < 4.78 is 1.92. The van der Waals surface area contributed by atoms with E-state index in [2.05, 4.69) is 32.5 Å². The van der Waals surface area contributed by atoms with Crippen LogP contribution >= 0.6 is 0 Å². The van der Waals surface area contributed by atoms with Gasteiger partial charge in [0.15, 0.2) is 0 Å². The van der Waals surface area contributed by atoms with Gasteiger partial charge in [0.2, 0.25) is 5.95 Å². The molecule has 132 valence electrons. The molecule has 2 aromatic heterocycles. The Morgan fingerprint density at radius 3 is 2.96 bits per heavy atom. The molecule has 4 atom stereocenters. The average Bonchev–Trinajstić information content (AvgIpc) is 3.25. The molecule has 0 aromatic carbocycles. The summed E-state index contributed by atoms with van der Waals surface area (Å²) in [6, 6.07) is 2.24. The Labute approximate surface area is 142 Å². The molecule has 0 saturated heterocycles. The molecule has 8 nitrogen and oxygen atoms in total. The summed E-state index contributed by atoms with van der Waals surface area (Å²) in [6.45, 7) is 3.77. The molecule has 1 fully saturated rings. The fourth-order valence-corrected chi connectivity index (χ4v) is 3.30. The number of nitrogens with zero attached hydrogens (tertiary/aromatic N) is 5. The van der Waals surface area contributed by atoms with E-state index in [9.17, 15) is 5.11 Å². The van der Waals surface area contributed by atoms with Crippen molar-refractivity contribution >= 4 is 5.95 Å². The fraction of sp³-hybridized carbons (Fsp3) is 0.688. The Hall–Kier alpha value is -1.93. The van der Waals surface area contributed by atoms with Crippen molar-refractivity contribution in [3.05, 3.63) is 24.3 Å². The Bertz CT molecular complexity index is 624. The van der Waals surface area contributed by atoms with Crippen molar-refractivity contribution in [2.75, 3.05) is 25.5 Å². The summed E-state index contributed by atoms with van der Waals surface area (Å²) in [5, 5.41) is 25.3. The molecule has 2 aromatic rings. The van der Waals surface area contributed by atoms with Crippen molar-refractivity contribution in [2.24, 2.45) is 5.92 Å². The van der Waals surface area contributed by atoms with Gasteiger partial charge in [0.25, 0.3) is 0 Å². The summed E-state index contributed by atoms with van der Waals surface area (Å²) in [5.74, 6) is 2.05. The number of aliphatic hydroxyl groups excluding tert-OH is 1. The number of nitrogens with one attached hydrogen (secondary N) is 2. The van der Waals surface area contributed by atoms with E-state index >= 15 is 0 Å². The maximum atomic E-state index is 10.4. The van der Waals surface area contributed by atoms with Crippen LogP contribution in [0.3, 0.4) is 0 Å². The van der Waals surface area contributed by atoms with Crippen molar-refractivity contribution in [3.8, 4) is 0 Å². The number of rotatable bonds is 7. The van der Waals surface area contributed by atoms with E-state index in [0.29, 0.717) is 12.0 Å². The second kappa shape index (κ2) is 7.31. The molecule has 24 heavy (non-hydrogen) atoms. The lowest BCUT2D eigenvalue weighted by Crippen LogP contribution is -2.36. The Balaban J connectivity index is 1.50. The zero-order chi connectivity index (χ0) is 17.1.